The van der Waals surface area contributed by atoms with Crippen molar-refractivity contribution in [3.05, 3.63) is 29.8 Å². The lowest BCUT2D eigenvalue weighted by molar-refractivity contribution is 0.702. The van der Waals surface area contributed by atoms with Crippen molar-refractivity contribution in [1.29, 1.82) is 0 Å². The van der Waals surface area contributed by atoms with Gasteiger partial charge in [0.1, 0.15) is 0 Å². The first-order valence-electron chi connectivity index (χ1n) is 4.16. The molecular formula is C10H15NS. The number of hydrogen-bond donors (Lipinski definition) is 0. The van der Waals surface area contributed by atoms with Crippen LogP contribution in [0, 0.1) is 0 Å². The van der Waals surface area contributed by atoms with E-state index in [-0.39, 0.29) is 0 Å². The molecule has 0 spiro atoms. The third-order valence-electron chi connectivity index (χ3n) is 1.62. The Morgan fingerprint density at radius 1 is 1.17 bits per heavy atom. The normalized spacial score (nSPS) is 10.7. The average molecular weight is 181 g/mol. The third kappa shape index (κ3) is 2.88. The Labute approximate surface area is 78.9 Å². The van der Waals surface area contributed by atoms with Crippen LogP contribution in [-0.2, 0) is 6.42 Å². The van der Waals surface area contributed by atoms with Crippen LogP contribution in [0.4, 0.5) is 0 Å². The van der Waals surface area contributed by atoms with Crippen molar-refractivity contribution in [3.63, 3.8) is 0 Å². The van der Waals surface area contributed by atoms with Gasteiger partial charge in [0.05, 0.1) is 0 Å². The number of aryl methyl sites for hydroxylation is 1. The van der Waals surface area contributed by atoms with Crippen molar-refractivity contribution in [2.45, 2.75) is 18.2 Å². The molecule has 0 aliphatic rings. The quantitative estimate of drug-likeness (QED) is 0.660. The third-order valence-corrected chi connectivity index (χ3v) is 2.47. The topological polar surface area (TPSA) is 3.24 Å². The summed E-state index contributed by atoms with van der Waals surface area (Å²) in [7, 11) is 4.11. The van der Waals surface area contributed by atoms with Gasteiger partial charge in [0, 0.05) is 4.90 Å². The van der Waals surface area contributed by atoms with E-state index in [1.807, 2.05) is 0 Å². The van der Waals surface area contributed by atoms with E-state index in [9.17, 15) is 0 Å². The second-order valence-electron chi connectivity index (χ2n) is 2.90. The first-order chi connectivity index (χ1) is 5.72. The van der Waals surface area contributed by atoms with Crippen LogP contribution in [0.25, 0.3) is 0 Å². The molecule has 0 bridgehead atoms. The molecule has 0 aromatic heterocycles. The van der Waals surface area contributed by atoms with Gasteiger partial charge in [0.15, 0.2) is 0 Å². The fourth-order valence-electron chi connectivity index (χ4n) is 0.997. The Bertz CT molecular complexity index is 228. The number of hydrogen-bond acceptors (Lipinski definition) is 2. The van der Waals surface area contributed by atoms with Crippen molar-refractivity contribution in [2.24, 2.45) is 0 Å². The highest BCUT2D eigenvalue weighted by atomic mass is 32.2. The molecule has 1 aromatic rings. The lowest BCUT2D eigenvalue weighted by atomic mass is 10.2. The monoisotopic (exact) mass is 181 g/mol. The highest BCUT2D eigenvalue weighted by molar-refractivity contribution is 7.97. The molecule has 12 heavy (non-hydrogen) atoms. The number of benzene rings is 1. The summed E-state index contributed by atoms with van der Waals surface area (Å²) in [5.41, 5.74) is 1.40. The lowest BCUT2D eigenvalue weighted by Gasteiger charge is -2.08. The minimum Gasteiger partial charge on any atom is -0.253 e. The number of rotatable bonds is 3. The fraction of sp³-hybridized carbons (Fsp3) is 0.400. The Morgan fingerprint density at radius 3 is 2.17 bits per heavy atom. The van der Waals surface area contributed by atoms with Gasteiger partial charge in [-0.25, -0.2) is 0 Å². The molecule has 0 atom stereocenters. The van der Waals surface area contributed by atoms with Crippen LogP contribution >= 0.6 is 11.9 Å². The Kier molecular flexibility index (Phi) is 3.63. The maximum atomic E-state index is 2.19. The van der Waals surface area contributed by atoms with Gasteiger partial charge in [-0.05, 0) is 50.2 Å². The van der Waals surface area contributed by atoms with Gasteiger partial charge in [-0.1, -0.05) is 19.1 Å². The van der Waals surface area contributed by atoms with Crippen LogP contribution in [0.2, 0.25) is 0 Å². The van der Waals surface area contributed by atoms with Gasteiger partial charge < -0.3 is 0 Å². The highest BCUT2D eigenvalue weighted by Gasteiger charge is 1.95. The maximum absolute atomic E-state index is 2.19. The largest absolute Gasteiger partial charge is 0.253 e. The molecule has 0 N–H and O–H groups in total. The highest BCUT2D eigenvalue weighted by Crippen LogP contribution is 2.19. The Hall–Kier alpha value is -0.470. The predicted octanol–water partition coefficient (Wildman–Crippen LogP) is 2.82. The molecule has 0 saturated carbocycles. The smallest absolute Gasteiger partial charge is 0.0230 e. The molecule has 0 amide bonds. The van der Waals surface area contributed by atoms with Crippen LogP contribution in [0.5, 0.6) is 0 Å². The van der Waals surface area contributed by atoms with Crippen LogP contribution < -0.4 is 0 Å². The molecule has 0 aliphatic carbocycles. The maximum Gasteiger partial charge on any atom is 0.0230 e. The first-order valence-corrected chi connectivity index (χ1v) is 4.94. The first kappa shape index (κ1) is 9.62. The van der Waals surface area contributed by atoms with E-state index in [0.717, 1.165) is 6.42 Å². The standard InChI is InChI=1S/C10H15NS/c1-4-9-5-7-10(8-6-9)12-11(2)3/h5-8H,4H2,1-3H3. The summed E-state index contributed by atoms with van der Waals surface area (Å²) in [6, 6.07) is 8.71. The molecular weight excluding hydrogens is 166 g/mol. The van der Waals surface area contributed by atoms with Crippen molar-refractivity contribution < 1.29 is 0 Å². The summed E-state index contributed by atoms with van der Waals surface area (Å²) in [6.07, 6.45) is 1.12. The minimum absolute atomic E-state index is 1.12. The van der Waals surface area contributed by atoms with Crippen LogP contribution in [0.1, 0.15) is 12.5 Å². The van der Waals surface area contributed by atoms with Gasteiger partial charge in [-0.3, -0.25) is 4.31 Å². The van der Waals surface area contributed by atoms with Crippen LogP contribution in [-0.4, -0.2) is 18.4 Å². The van der Waals surface area contributed by atoms with Crippen LogP contribution in [0.3, 0.4) is 0 Å². The molecule has 0 saturated heterocycles. The predicted molar refractivity (Wildman–Crippen MR) is 55.4 cm³/mol. The zero-order valence-electron chi connectivity index (χ0n) is 7.87. The summed E-state index contributed by atoms with van der Waals surface area (Å²) < 4.78 is 2.10. The van der Waals surface area contributed by atoms with E-state index < -0.39 is 0 Å². The Morgan fingerprint density at radius 2 is 1.75 bits per heavy atom. The number of nitrogens with zero attached hydrogens (tertiary/aromatic N) is 1. The van der Waals surface area contributed by atoms with E-state index in [0.29, 0.717) is 0 Å². The van der Waals surface area contributed by atoms with Gasteiger partial charge in [0.25, 0.3) is 0 Å². The molecule has 1 rings (SSSR count). The van der Waals surface area contributed by atoms with E-state index in [4.69, 9.17) is 0 Å². The molecule has 0 heterocycles. The van der Waals surface area contributed by atoms with Gasteiger partial charge in [-0.2, -0.15) is 0 Å². The van der Waals surface area contributed by atoms with E-state index >= 15 is 0 Å². The second kappa shape index (κ2) is 4.53. The Balaban J connectivity index is 2.65. The lowest BCUT2D eigenvalue weighted by Crippen LogP contribution is -1.98. The molecule has 0 unspecified atom stereocenters. The van der Waals surface area contributed by atoms with E-state index in [2.05, 4.69) is 49.6 Å². The van der Waals surface area contributed by atoms with Crippen molar-refractivity contribution >= 4 is 11.9 Å². The minimum atomic E-state index is 1.12. The van der Waals surface area contributed by atoms with Gasteiger partial charge in [-0.15, -0.1) is 0 Å². The van der Waals surface area contributed by atoms with E-state index in [1.165, 1.54) is 10.5 Å². The summed E-state index contributed by atoms with van der Waals surface area (Å²) in [5, 5.41) is 0. The summed E-state index contributed by atoms with van der Waals surface area (Å²) in [4.78, 5) is 1.30. The van der Waals surface area contributed by atoms with Crippen molar-refractivity contribution in [1.82, 2.24) is 4.31 Å². The van der Waals surface area contributed by atoms with Crippen LogP contribution in [0.15, 0.2) is 29.2 Å². The SMILES string of the molecule is CCc1ccc(SN(C)C)cc1. The molecule has 1 nitrogen and oxygen atoms in total. The molecule has 0 aliphatic heterocycles. The molecule has 0 radical (unpaired) electrons. The fourth-order valence-corrected chi connectivity index (χ4v) is 1.68. The zero-order valence-corrected chi connectivity index (χ0v) is 8.69. The average Bonchev–Trinajstić information content (AvgIpc) is 2.05. The second-order valence-corrected chi connectivity index (χ2v) is 4.29. The molecule has 0 fully saturated rings. The van der Waals surface area contributed by atoms with E-state index in [1.54, 1.807) is 11.9 Å². The zero-order chi connectivity index (χ0) is 8.97. The molecule has 66 valence electrons. The summed E-state index contributed by atoms with van der Waals surface area (Å²) in [5.74, 6) is 0. The summed E-state index contributed by atoms with van der Waals surface area (Å²) in [6.45, 7) is 2.17. The van der Waals surface area contributed by atoms with Gasteiger partial charge in [0.2, 0.25) is 0 Å². The molecule has 1 aromatic carbocycles. The van der Waals surface area contributed by atoms with Crippen molar-refractivity contribution in [2.75, 3.05) is 14.1 Å². The van der Waals surface area contributed by atoms with Crippen molar-refractivity contribution in [3.8, 4) is 0 Å². The summed E-state index contributed by atoms with van der Waals surface area (Å²) >= 11 is 1.75. The van der Waals surface area contributed by atoms with Gasteiger partial charge >= 0.3 is 0 Å². The molecule has 2 heteroatoms.